The molecule has 0 fully saturated rings. The van der Waals surface area contributed by atoms with Crippen molar-refractivity contribution in [1.82, 2.24) is 10.2 Å². The Labute approximate surface area is 116 Å². The van der Waals surface area contributed by atoms with E-state index in [1.54, 1.807) is 0 Å². The zero-order valence-corrected chi connectivity index (χ0v) is 12.2. The van der Waals surface area contributed by atoms with Crippen molar-refractivity contribution >= 4 is 18.3 Å². The normalized spacial score (nSPS) is 9.72. The van der Waals surface area contributed by atoms with Crippen molar-refractivity contribution in [2.75, 3.05) is 20.1 Å². The smallest absolute Gasteiger partial charge is 0.224 e. The summed E-state index contributed by atoms with van der Waals surface area (Å²) in [5.74, 6) is 0.213. The number of carbonyl (C=O) groups is 1. The quantitative estimate of drug-likeness (QED) is 0.861. The number of aryl methyl sites for hydroxylation is 1. The highest BCUT2D eigenvalue weighted by molar-refractivity contribution is 5.85. The van der Waals surface area contributed by atoms with Crippen LogP contribution in [0.4, 0.5) is 0 Å². The first kappa shape index (κ1) is 16.9. The van der Waals surface area contributed by atoms with Gasteiger partial charge in [0.1, 0.15) is 0 Å². The lowest BCUT2D eigenvalue weighted by Gasteiger charge is -2.22. The summed E-state index contributed by atoms with van der Waals surface area (Å²) < 4.78 is 0. The zero-order valence-electron chi connectivity index (χ0n) is 11.4. The Morgan fingerprint density at radius 1 is 1.33 bits per heavy atom. The predicted molar refractivity (Wildman–Crippen MR) is 78.1 cm³/mol. The Kier molecular flexibility index (Phi) is 8.42. The number of rotatable bonds is 6. The average molecular weight is 271 g/mol. The Balaban J connectivity index is 0.00000289. The first-order chi connectivity index (χ1) is 8.19. The Morgan fingerprint density at radius 2 is 2.00 bits per heavy atom. The van der Waals surface area contributed by atoms with E-state index in [0.717, 1.165) is 13.1 Å². The van der Waals surface area contributed by atoms with Crippen LogP contribution >= 0.6 is 12.4 Å². The largest absolute Gasteiger partial charge is 0.339 e. The van der Waals surface area contributed by atoms with Gasteiger partial charge in [-0.25, -0.2) is 0 Å². The minimum Gasteiger partial charge on any atom is -0.339 e. The van der Waals surface area contributed by atoms with Crippen LogP contribution in [0.3, 0.4) is 0 Å². The van der Waals surface area contributed by atoms with Crippen molar-refractivity contribution in [3.63, 3.8) is 0 Å². The van der Waals surface area contributed by atoms with E-state index in [1.807, 2.05) is 31.0 Å². The minimum atomic E-state index is 0. The zero-order chi connectivity index (χ0) is 12.7. The van der Waals surface area contributed by atoms with Crippen molar-refractivity contribution in [2.24, 2.45) is 0 Å². The molecule has 0 saturated heterocycles. The van der Waals surface area contributed by atoms with E-state index >= 15 is 0 Å². The first-order valence-electron chi connectivity index (χ1n) is 6.16. The lowest BCUT2D eigenvalue weighted by Crippen LogP contribution is -2.32. The second kappa shape index (κ2) is 8.95. The molecular weight excluding hydrogens is 248 g/mol. The van der Waals surface area contributed by atoms with E-state index < -0.39 is 0 Å². The molecule has 1 N–H and O–H groups in total. The number of nitrogens with zero attached hydrogens (tertiary/aromatic N) is 1. The Morgan fingerprint density at radius 3 is 2.56 bits per heavy atom. The maximum Gasteiger partial charge on any atom is 0.224 e. The molecule has 0 atom stereocenters. The van der Waals surface area contributed by atoms with Gasteiger partial charge in [-0.1, -0.05) is 24.3 Å². The molecule has 0 bridgehead atoms. The average Bonchev–Trinajstić information content (AvgIpc) is 2.35. The standard InChI is InChI=1S/C14H22N2O.ClH/c1-4-16(14(17)9-10-15-3)11-13-8-6-5-7-12(13)2;/h5-8,15H,4,9-11H2,1-3H3;1H. The lowest BCUT2D eigenvalue weighted by molar-refractivity contribution is -0.131. The maximum absolute atomic E-state index is 11.9. The predicted octanol–water partition coefficient (Wildman–Crippen LogP) is 2.37. The molecule has 18 heavy (non-hydrogen) atoms. The molecule has 102 valence electrons. The number of amides is 1. The molecular formula is C14H23ClN2O. The van der Waals surface area contributed by atoms with Crippen LogP contribution in [0.1, 0.15) is 24.5 Å². The van der Waals surface area contributed by atoms with Crippen molar-refractivity contribution in [2.45, 2.75) is 26.8 Å². The molecule has 1 amide bonds. The molecule has 1 aromatic carbocycles. The second-order valence-electron chi connectivity index (χ2n) is 4.19. The topological polar surface area (TPSA) is 32.3 Å². The molecule has 0 aliphatic heterocycles. The van der Waals surface area contributed by atoms with Gasteiger partial charge in [-0.2, -0.15) is 0 Å². The maximum atomic E-state index is 11.9. The van der Waals surface area contributed by atoms with Crippen LogP contribution in [0.2, 0.25) is 0 Å². The fourth-order valence-corrected chi connectivity index (χ4v) is 1.76. The van der Waals surface area contributed by atoms with Crippen LogP contribution in [0.25, 0.3) is 0 Å². The van der Waals surface area contributed by atoms with Gasteiger partial charge in [0.05, 0.1) is 0 Å². The number of hydrogen-bond donors (Lipinski definition) is 1. The van der Waals surface area contributed by atoms with Gasteiger partial charge in [0, 0.05) is 26.1 Å². The molecule has 3 nitrogen and oxygen atoms in total. The van der Waals surface area contributed by atoms with Gasteiger partial charge < -0.3 is 10.2 Å². The van der Waals surface area contributed by atoms with E-state index in [0.29, 0.717) is 13.0 Å². The summed E-state index contributed by atoms with van der Waals surface area (Å²) in [6.45, 7) is 6.32. The van der Waals surface area contributed by atoms with Gasteiger partial charge in [-0.05, 0) is 32.0 Å². The van der Waals surface area contributed by atoms with Crippen LogP contribution in [0.5, 0.6) is 0 Å². The summed E-state index contributed by atoms with van der Waals surface area (Å²) in [5.41, 5.74) is 2.47. The van der Waals surface area contributed by atoms with E-state index in [-0.39, 0.29) is 18.3 Å². The summed E-state index contributed by atoms with van der Waals surface area (Å²) in [7, 11) is 1.87. The van der Waals surface area contributed by atoms with Gasteiger partial charge in [0.2, 0.25) is 5.91 Å². The summed E-state index contributed by atoms with van der Waals surface area (Å²) in [4.78, 5) is 13.8. The van der Waals surface area contributed by atoms with Crippen molar-refractivity contribution in [1.29, 1.82) is 0 Å². The summed E-state index contributed by atoms with van der Waals surface area (Å²) in [6.07, 6.45) is 0.566. The Bertz CT molecular complexity index is 369. The second-order valence-corrected chi connectivity index (χ2v) is 4.19. The highest BCUT2D eigenvalue weighted by atomic mass is 35.5. The van der Waals surface area contributed by atoms with Crippen LogP contribution in [-0.2, 0) is 11.3 Å². The van der Waals surface area contributed by atoms with Crippen molar-refractivity contribution in [3.05, 3.63) is 35.4 Å². The minimum absolute atomic E-state index is 0. The molecule has 0 aromatic heterocycles. The highest BCUT2D eigenvalue weighted by Gasteiger charge is 2.12. The van der Waals surface area contributed by atoms with Crippen molar-refractivity contribution in [3.8, 4) is 0 Å². The Hall–Kier alpha value is -1.06. The monoisotopic (exact) mass is 270 g/mol. The van der Waals surface area contributed by atoms with Gasteiger partial charge in [-0.15, -0.1) is 12.4 Å². The number of nitrogens with one attached hydrogen (secondary N) is 1. The molecule has 0 aliphatic carbocycles. The number of hydrogen-bond acceptors (Lipinski definition) is 2. The van der Waals surface area contributed by atoms with Gasteiger partial charge >= 0.3 is 0 Å². The molecule has 0 spiro atoms. The van der Waals surface area contributed by atoms with E-state index in [4.69, 9.17) is 0 Å². The van der Waals surface area contributed by atoms with Gasteiger partial charge in [0.15, 0.2) is 0 Å². The van der Waals surface area contributed by atoms with Crippen LogP contribution in [0, 0.1) is 6.92 Å². The molecule has 0 heterocycles. The number of halogens is 1. The van der Waals surface area contributed by atoms with E-state index in [1.165, 1.54) is 11.1 Å². The van der Waals surface area contributed by atoms with Crippen LogP contribution < -0.4 is 5.32 Å². The molecule has 0 saturated carbocycles. The van der Waals surface area contributed by atoms with Gasteiger partial charge in [-0.3, -0.25) is 4.79 Å². The fourth-order valence-electron chi connectivity index (χ4n) is 1.76. The highest BCUT2D eigenvalue weighted by Crippen LogP contribution is 2.11. The molecule has 0 radical (unpaired) electrons. The summed E-state index contributed by atoms with van der Waals surface area (Å²) in [6, 6.07) is 8.22. The van der Waals surface area contributed by atoms with Gasteiger partial charge in [0.25, 0.3) is 0 Å². The third-order valence-electron chi connectivity index (χ3n) is 2.95. The van der Waals surface area contributed by atoms with E-state index in [2.05, 4.69) is 24.4 Å². The molecule has 0 aliphatic rings. The number of carbonyl (C=O) groups excluding carboxylic acids is 1. The molecule has 1 rings (SSSR count). The third kappa shape index (κ3) is 5.07. The lowest BCUT2D eigenvalue weighted by atomic mass is 10.1. The third-order valence-corrected chi connectivity index (χ3v) is 2.95. The van der Waals surface area contributed by atoms with Crippen molar-refractivity contribution < 1.29 is 4.79 Å². The molecule has 1 aromatic rings. The first-order valence-corrected chi connectivity index (χ1v) is 6.16. The fraction of sp³-hybridized carbons (Fsp3) is 0.500. The van der Waals surface area contributed by atoms with Crippen LogP contribution in [0.15, 0.2) is 24.3 Å². The summed E-state index contributed by atoms with van der Waals surface area (Å²) in [5, 5.41) is 3.01. The SMILES string of the molecule is CCN(Cc1ccccc1C)C(=O)CCNC.Cl. The van der Waals surface area contributed by atoms with E-state index in [9.17, 15) is 4.79 Å². The summed E-state index contributed by atoms with van der Waals surface area (Å²) >= 11 is 0. The molecule has 0 unspecified atom stereocenters. The molecule has 4 heteroatoms. The number of benzene rings is 1. The van der Waals surface area contributed by atoms with Crippen LogP contribution in [-0.4, -0.2) is 30.9 Å².